The van der Waals surface area contributed by atoms with Crippen LogP contribution in [0.4, 0.5) is 0 Å². The third-order valence-corrected chi connectivity index (χ3v) is 4.46. The van der Waals surface area contributed by atoms with Gasteiger partial charge in [0.05, 0.1) is 6.54 Å². The van der Waals surface area contributed by atoms with Crippen LogP contribution < -0.4 is 10.6 Å². The maximum Gasteiger partial charge on any atom is 0.234 e. The Labute approximate surface area is 124 Å². The van der Waals surface area contributed by atoms with E-state index in [4.69, 9.17) is 0 Å². The predicted molar refractivity (Wildman–Crippen MR) is 84.9 cm³/mol. The van der Waals surface area contributed by atoms with Crippen molar-refractivity contribution in [3.05, 3.63) is 0 Å². The average molecular weight is 283 g/mol. The second-order valence-corrected chi connectivity index (χ2v) is 5.96. The quantitative estimate of drug-likeness (QED) is 0.717. The lowest BCUT2D eigenvalue weighted by atomic mass is 9.96. The Kier molecular flexibility index (Phi) is 8.15. The van der Waals surface area contributed by atoms with Gasteiger partial charge in [-0.1, -0.05) is 27.2 Å². The molecule has 20 heavy (non-hydrogen) atoms. The molecule has 4 heteroatoms. The van der Waals surface area contributed by atoms with Gasteiger partial charge in [0.25, 0.3) is 0 Å². The van der Waals surface area contributed by atoms with E-state index < -0.39 is 0 Å². The molecule has 0 aliphatic carbocycles. The van der Waals surface area contributed by atoms with Gasteiger partial charge in [-0.05, 0) is 45.7 Å². The van der Waals surface area contributed by atoms with Gasteiger partial charge in [-0.25, -0.2) is 0 Å². The monoisotopic (exact) mass is 283 g/mol. The molecule has 2 atom stereocenters. The van der Waals surface area contributed by atoms with Crippen LogP contribution in [0.25, 0.3) is 0 Å². The summed E-state index contributed by atoms with van der Waals surface area (Å²) < 4.78 is 0. The molecule has 1 fully saturated rings. The number of likely N-dealkylation sites (tertiary alicyclic amines) is 1. The van der Waals surface area contributed by atoms with Crippen LogP contribution >= 0.6 is 0 Å². The Bertz CT molecular complexity index is 279. The maximum atomic E-state index is 12.2. The van der Waals surface area contributed by atoms with Gasteiger partial charge in [-0.15, -0.1) is 0 Å². The van der Waals surface area contributed by atoms with Gasteiger partial charge in [-0.3, -0.25) is 9.69 Å². The summed E-state index contributed by atoms with van der Waals surface area (Å²) in [4.78, 5) is 14.6. The van der Waals surface area contributed by atoms with Crippen molar-refractivity contribution in [3.63, 3.8) is 0 Å². The van der Waals surface area contributed by atoms with Crippen molar-refractivity contribution in [2.24, 2.45) is 0 Å². The molecule has 1 amide bonds. The highest BCUT2D eigenvalue weighted by molar-refractivity contribution is 5.78. The van der Waals surface area contributed by atoms with Crippen LogP contribution in [0.5, 0.6) is 0 Å². The predicted octanol–water partition coefficient (Wildman–Crippen LogP) is 2.14. The largest absolute Gasteiger partial charge is 0.352 e. The molecule has 2 N–H and O–H groups in total. The molecule has 0 spiro atoms. The van der Waals surface area contributed by atoms with E-state index in [2.05, 4.69) is 43.2 Å². The second-order valence-electron chi connectivity index (χ2n) is 5.96. The first-order valence-corrected chi connectivity index (χ1v) is 8.39. The number of piperidine rings is 1. The fraction of sp³-hybridized carbons (Fsp3) is 0.938. The third kappa shape index (κ3) is 5.41. The van der Waals surface area contributed by atoms with Crippen LogP contribution in [0.2, 0.25) is 0 Å². The van der Waals surface area contributed by atoms with Crippen LogP contribution in [0.15, 0.2) is 0 Å². The van der Waals surface area contributed by atoms with E-state index in [0.717, 1.165) is 25.9 Å². The van der Waals surface area contributed by atoms with Crippen LogP contribution in [0.1, 0.15) is 59.8 Å². The molecule has 0 aromatic carbocycles. The molecule has 0 bridgehead atoms. The minimum atomic E-state index is 0.189. The Balaban J connectivity index is 2.51. The van der Waals surface area contributed by atoms with E-state index in [0.29, 0.717) is 24.7 Å². The zero-order valence-corrected chi connectivity index (χ0v) is 13.7. The normalized spacial score (nSPS) is 21.9. The molecule has 1 aliphatic rings. The van der Waals surface area contributed by atoms with Gasteiger partial charge in [0.2, 0.25) is 5.91 Å². The van der Waals surface area contributed by atoms with Gasteiger partial charge in [-0.2, -0.15) is 0 Å². The van der Waals surface area contributed by atoms with Gasteiger partial charge in [0.1, 0.15) is 0 Å². The van der Waals surface area contributed by atoms with Gasteiger partial charge >= 0.3 is 0 Å². The molecule has 0 aromatic heterocycles. The summed E-state index contributed by atoms with van der Waals surface area (Å²) in [6.45, 7) is 11.2. The van der Waals surface area contributed by atoms with E-state index in [1.54, 1.807) is 0 Å². The number of nitrogens with zero attached hydrogens (tertiary/aromatic N) is 1. The molecule has 0 radical (unpaired) electrons. The number of amides is 1. The number of hydrogen-bond acceptors (Lipinski definition) is 3. The Morgan fingerprint density at radius 1 is 1.25 bits per heavy atom. The molecule has 1 rings (SSSR count). The molecule has 118 valence electrons. The number of likely N-dealkylation sites (N-methyl/N-ethyl adjacent to an activating group) is 1. The number of hydrogen-bond donors (Lipinski definition) is 2. The van der Waals surface area contributed by atoms with Crippen molar-refractivity contribution in [3.8, 4) is 0 Å². The number of carbonyl (C=O) groups excluding carboxylic acids is 1. The number of carbonyl (C=O) groups is 1. The van der Waals surface area contributed by atoms with E-state index in [9.17, 15) is 4.79 Å². The summed E-state index contributed by atoms with van der Waals surface area (Å²) >= 11 is 0. The third-order valence-electron chi connectivity index (χ3n) is 4.46. The van der Waals surface area contributed by atoms with Crippen molar-refractivity contribution >= 4 is 5.91 Å². The summed E-state index contributed by atoms with van der Waals surface area (Å²) in [5, 5.41) is 6.66. The van der Waals surface area contributed by atoms with E-state index in [1.807, 2.05) is 0 Å². The summed E-state index contributed by atoms with van der Waals surface area (Å²) in [6, 6.07) is 1.29. The van der Waals surface area contributed by atoms with E-state index >= 15 is 0 Å². The van der Waals surface area contributed by atoms with Crippen molar-refractivity contribution in [2.75, 3.05) is 19.6 Å². The fourth-order valence-corrected chi connectivity index (χ4v) is 3.19. The Hall–Kier alpha value is -0.610. The number of nitrogens with one attached hydrogen (secondary N) is 2. The van der Waals surface area contributed by atoms with Crippen LogP contribution in [-0.4, -0.2) is 48.6 Å². The van der Waals surface area contributed by atoms with Gasteiger partial charge in [0.15, 0.2) is 0 Å². The lowest BCUT2D eigenvalue weighted by Crippen LogP contribution is -2.54. The summed E-state index contributed by atoms with van der Waals surface area (Å²) in [5.41, 5.74) is 0. The lowest BCUT2D eigenvalue weighted by Gasteiger charge is -2.39. The number of rotatable bonds is 8. The van der Waals surface area contributed by atoms with Gasteiger partial charge < -0.3 is 10.6 Å². The van der Waals surface area contributed by atoms with Crippen molar-refractivity contribution < 1.29 is 4.79 Å². The summed E-state index contributed by atoms with van der Waals surface area (Å²) in [6.07, 6.45) is 5.73. The highest BCUT2D eigenvalue weighted by Crippen LogP contribution is 2.19. The Morgan fingerprint density at radius 3 is 2.55 bits per heavy atom. The molecular formula is C16H33N3O. The molecule has 1 saturated heterocycles. The molecule has 0 saturated carbocycles. The molecule has 1 heterocycles. The van der Waals surface area contributed by atoms with Gasteiger partial charge in [0, 0.05) is 18.1 Å². The first kappa shape index (κ1) is 17.4. The first-order valence-electron chi connectivity index (χ1n) is 8.39. The van der Waals surface area contributed by atoms with Crippen molar-refractivity contribution in [1.29, 1.82) is 0 Å². The molecular weight excluding hydrogens is 250 g/mol. The SMILES string of the molecule is CCNC(C)C1CCCCN1CC(=O)NC(CC)CC. The molecule has 2 unspecified atom stereocenters. The Morgan fingerprint density at radius 2 is 1.95 bits per heavy atom. The molecule has 0 aromatic rings. The van der Waals surface area contributed by atoms with Crippen LogP contribution in [-0.2, 0) is 4.79 Å². The highest BCUT2D eigenvalue weighted by atomic mass is 16.2. The lowest BCUT2D eigenvalue weighted by molar-refractivity contribution is -0.124. The van der Waals surface area contributed by atoms with Crippen molar-refractivity contribution in [2.45, 2.75) is 77.9 Å². The zero-order valence-electron chi connectivity index (χ0n) is 13.7. The van der Waals surface area contributed by atoms with Crippen molar-refractivity contribution in [1.82, 2.24) is 15.5 Å². The van der Waals surface area contributed by atoms with Crippen LogP contribution in [0, 0.1) is 0 Å². The average Bonchev–Trinajstić information content (AvgIpc) is 2.45. The standard InChI is InChI=1S/C16H33N3O/c1-5-14(6-2)18-16(20)12-19-11-9-8-10-15(19)13(4)17-7-3/h13-15,17H,5-12H2,1-4H3,(H,18,20). The fourth-order valence-electron chi connectivity index (χ4n) is 3.19. The topological polar surface area (TPSA) is 44.4 Å². The van der Waals surface area contributed by atoms with Crippen LogP contribution in [0.3, 0.4) is 0 Å². The molecule has 4 nitrogen and oxygen atoms in total. The summed E-state index contributed by atoms with van der Waals surface area (Å²) in [5.74, 6) is 0.189. The van der Waals surface area contributed by atoms with E-state index in [-0.39, 0.29) is 5.91 Å². The second kappa shape index (κ2) is 9.35. The minimum Gasteiger partial charge on any atom is -0.352 e. The molecule has 1 aliphatic heterocycles. The van der Waals surface area contributed by atoms with E-state index in [1.165, 1.54) is 19.3 Å². The minimum absolute atomic E-state index is 0.189. The first-order chi connectivity index (χ1) is 9.62. The zero-order chi connectivity index (χ0) is 15.0. The maximum absolute atomic E-state index is 12.2. The summed E-state index contributed by atoms with van der Waals surface area (Å²) in [7, 11) is 0. The smallest absolute Gasteiger partial charge is 0.234 e. The highest BCUT2D eigenvalue weighted by Gasteiger charge is 2.28.